The molecule has 1 heterocycles. The molecule has 5 rings (SSSR count). The highest BCUT2D eigenvalue weighted by Gasteiger charge is 2.17. The number of amides is 2. The molecule has 0 saturated carbocycles. The molecule has 3 N–H and O–H groups in total. The molecular formula is C34H28N2O7S. The first-order valence-electron chi connectivity index (χ1n) is 13.4. The predicted octanol–water partition coefficient (Wildman–Crippen LogP) is 6.22. The number of fused-ring (bicyclic) bond motifs is 1. The zero-order valence-corrected chi connectivity index (χ0v) is 24.6. The number of phenols is 1. The van der Waals surface area contributed by atoms with Crippen LogP contribution in [0.25, 0.3) is 17.0 Å². The second-order valence-corrected chi connectivity index (χ2v) is 10.6. The van der Waals surface area contributed by atoms with Gasteiger partial charge in [0.05, 0.1) is 14.2 Å². The zero-order valence-electron chi connectivity index (χ0n) is 23.8. The Kier molecular flexibility index (Phi) is 9.31. The molecule has 5 aromatic rings. The lowest BCUT2D eigenvalue weighted by molar-refractivity contribution is -0.113. The van der Waals surface area contributed by atoms with E-state index in [0.717, 1.165) is 4.90 Å². The summed E-state index contributed by atoms with van der Waals surface area (Å²) >= 11 is 1.39. The Morgan fingerprint density at radius 1 is 0.909 bits per heavy atom. The number of phenolic OH excluding ortho intramolecular Hbond substituents is 1. The van der Waals surface area contributed by atoms with Crippen LogP contribution in [-0.4, -0.2) is 31.1 Å². The molecule has 4 aromatic carbocycles. The third-order valence-corrected chi connectivity index (χ3v) is 7.59. The van der Waals surface area contributed by atoms with Crippen LogP contribution in [0.5, 0.6) is 17.2 Å². The monoisotopic (exact) mass is 608 g/mol. The molecule has 9 nitrogen and oxygen atoms in total. The molecule has 0 aliphatic heterocycles. The van der Waals surface area contributed by atoms with Crippen LogP contribution in [0.1, 0.15) is 21.5 Å². The van der Waals surface area contributed by atoms with Crippen LogP contribution in [0.4, 0.5) is 5.69 Å². The van der Waals surface area contributed by atoms with Gasteiger partial charge in [-0.15, -0.1) is 11.8 Å². The predicted molar refractivity (Wildman–Crippen MR) is 170 cm³/mol. The van der Waals surface area contributed by atoms with E-state index in [4.69, 9.17) is 13.9 Å². The standard InChI is InChI=1S/C34H28N2O7S/c1-41-27-13-14-30(42-2)23(16-27)17-29(36-32(38)21-7-4-3-5-8-21)33(39)35-25-9-6-10-28(18-25)44-20-24-15-22-11-12-26(37)19-31(22)43-34(24)40/h3-19,37H,20H2,1-2H3,(H,35,39)(H,36,38)/b29-17+. The third kappa shape index (κ3) is 7.29. The van der Waals surface area contributed by atoms with E-state index in [0.29, 0.717) is 50.6 Å². The molecule has 44 heavy (non-hydrogen) atoms. The van der Waals surface area contributed by atoms with Crippen LogP contribution in [0.3, 0.4) is 0 Å². The number of anilines is 1. The highest BCUT2D eigenvalue weighted by Crippen LogP contribution is 2.28. The summed E-state index contributed by atoms with van der Waals surface area (Å²) in [6, 6.07) is 27.2. The molecule has 0 atom stereocenters. The third-order valence-electron chi connectivity index (χ3n) is 6.54. The van der Waals surface area contributed by atoms with E-state index >= 15 is 0 Å². The smallest absolute Gasteiger partial charge is 0.340 e. The number of benzene rings is 4. The molecule has 0 radical (unpaired) electrons. The highest BCUT2D eigenvalue weighted by atomic mass is 32.2. The molecule has 0 saturated heterocycles. The van der Waals surface area contributed by atoms with Crippen molar-refractivity contribution in [2.45, 2.75) is 10.6 Å². The van der Waals surface area contributed by atoms with Gasteiger partial charge in [0.15, 0.2) is 0 Å². The number of thioether (sulfide) groups is 1. The van der Waals surface area contributed by atoms with Crippen molar-refractivity contribution in [2.24, 2.45) is 0 Å². The Hall–Kier alpha value is -5.48. The minimum atomic E-state index is -0.556. The number of hydrogen-bond donors (Lipinski definition) is 3. The summed E-state index contributed by atoms with van der Waals surface area (Å²) in [5, 5.41) is 15.9. The maximum Gasteiger partial charge on any atom is 0.340 e. The van der Waals surface area contributed by atoms with Crippen LogP contribution in [0.2, 0.25) is 0 Å². The molecule has 222 valence electrons. The van der Waals surface area contributed by atoms with E-state index in [1.54, 1.807) is 78.9 Å². The largest absolute Gasteiger partial charge is 0.508 e. The molecule has 0 aliphatic carbocycles. The first kappa shape index (κ1) is 30.0. The van der Waals surface area contributed by atoms with Gasteiger partial charge in [0.2, 0.25) is 0 Å². The highest BCUT2D eigenvalue weighted by molar-refractivity contribution is 7.98. The van der Waals surface area contributed by atoms with E-state index in [9.17, 15) is 19.5 Å². The summed E-state index contributed by atoms with van der Waals surface area (Å²) in [5.74, 6) is 0.363. The van der Waals surface area contributed by atoms with Gasteiger partial charge in [-0.05, 0) is 72.8 Å². The maximum atomic E-state index is 13.6. The van der Waals surface area contributed by atoms with Crippen molar-refractivity contribution in [1.82, 2.24) is 5.32 Å². The molecule has 1 aromatic heterocycles. The van der Waals surface area contributed by atoms with Crippen molar-refractivity contribution in [3.8, 4) is 17.2 Å². The summed E-state index contributed by atoms with van der Waals surface area (Å²) in [6.45, 7) is 0. The molecule has 2 amide bonds. The number of aromatic hydroxyl groups is 1. The average Bonchev–Trinajstić information content (AvgIpc) is 3.04. The summed E-state index contributed by atoms with van der Waals surface area (Å²) < 4.78 is 16.2. The fourth-order valence-electron chi connectivity index (χ4n) is 4.32. The summed E-state index contributed by atoms with van der Waals surface area (Å²) in [7, 11) is 3.04. The second-order valence-electron chi connectivity index (χ2n) is 9.54. The van der Waals surface area contributed by atoms with Gasteiger partial charge in [0.25, 0.3) is 11.8 Å². The minimum absolute atomic E-state index is 0.0109. The molecule has 10 heteroatoms. The Labute approximate surface area is 257 Å². The summed E-state index contributed by atoms with van der Waals surface area (Å²) in [4.78, 5) is 39.9. The Morgan fingerprint density at radius 3 is 2.50 bits per heavy atom. The van der Waals surface area contributed by atoms with Crippen molar-refractivity contribution in [3.05, 3.63) is 130 Å². The van der Waals surface area contributed by atoms with Gasteiger partial charge in [-0.3, -0.25) is 9.59 Å². The van der Waals surface area contributed by atoms with Gasteiger partial charge >= 0.3 is 5.63 Å². The Balaban J connectivity index is 1.37. The van der Waals surface area contributed by atoms with Crippen LogP contribution in [0.15, 0.2) is 117 Å². The van der Waals surface area contributed by atoms with E-state index in [2.05, 4.69) is 10.6 Å². The quantitative estimate of drug-likeness (QED) is 0.0970. The number of rotatable bonds is 10. The normalized spacial score (nSPS) is 11.2. The lowest BCUT2D eigenvalue weighted by atomic mass is 10.1. The lowest BCUT2D eigenvalue weighted by Gasteiger charge is -2.13. The van der Waals surface area contributed by atoms with Gasteiger partial charge in [-0.25, -0.2) is 4.79 Å². The molecule has 0 bridgehead atoms. The number of ether oxygens (including phenoxy) is 2. The van der Waals surface area contributed by atoms with Crippen molar-refractivity contribution in [3.63, 3.8) is 0 Å². The molecule has 0 unspecified atom stereocenters. The van der Waals surface area contributed by atoms with Gasteiger partial charge in [-0.2, -0.15) is 0 Å². The maximum absolute atomic E-state index is 13.6. The SMILES string of the molecule is COc1ccc(OC)c(/C=C(/NC(=O)c2ccccc2)C(=O)Nc2cccc(SCc3cc4ccc(O)cc4oc3=O)c2)c1. The molecular weight excluding hydrogens is 580 g/mol. The van der Waals surface area contributed by atoms with Crippen molar-refractivity contribution >= 4 is 46.3 Å². The molecule has 0 spiro atoms. The van der Waals surface area contributed by atoms with Crippen LogP contribution in [-0.2, 0) is 10.5 Å². The first-order valence-corrected chi connectivity index (χ1v) is 14.4. The number of nitrogens with one attached hydrogen (secondary N) is 2. The van der Waals surface area contributed by atoms with Crippen LogP contribution < -0.4 is 25.7 Å². The van der Waals surface area contributed by atoms with Crippen molar-refractivity contribution in [2.75, 3.05) is 19.5 Å². The fraction of sp³-hybridized carbons (Fsp3) is 0.0882. The van der Waals surface area contributed by atoms with Crippen molar-refractivity contribution < 1.29 is 28.6 Å². The van der Waals surface area contributed by atoms with Gasteiger partial charge < -0.3 is 29.6 Å². The van der Waals surface area contributed by atoms with Gasteiger partial charge in [0, 0.05) is 44.5 Å². The minimum Gasteiger partial charge on any atom is -0.508 e. The number of carbonyl (C=O) groups excluding carboxylic acids is 2. The fourth-order valence-corrected chi connectivity index (χ4v) is 5.23. The summed E-state index contributed by atoms with van der Waals surface area (Å²) in [6.07, 6.45) is 1.52. The van der Waals surface area contributed by atoms with Gasteiger partial charge in [-0.1, -0.05) is 24.3 Å². The lowest BCUT2D eigenvalue weighted by Crippen LogP contribution is -2.30. The van der Waals surface area contributed by atoms with E-state index in [-0.39, 0.29) is 11.4 Å². The summed E-state index contributed by atoms with van der Waals surface area (Å²) in [5.41, 5.74) is 1.67. The first-order chi connectivity index (χ1) is 21.3. The Morgan fingerprint density at radius 2 is 1.73 bits per heavy atom. The molecule has 0 fully saturated rings. The molecule has 0 aliphatic rings. The average molecular weight is 609 g/mol. The topological polar surface area (TPSA) is 127 Å². The van der Waals surface area contributed by atoms with Gasteiger partial charge in [0.1, 0.15) is 28.5 Å². The number of hydrogen-bond acceptors (Lipinski definition) is 8. The number of methoxy groups -OCH3 is 2. The van der Waals surface area contributed by atoms with Crippen molar-refractivity contribution in [1.29, 1.82) is 0 Å². The van der Waals surface area contributed by atoms with Crippen LogP contribution in [0, 0.1) is 0 Å². The number of carbonyl (C=O) groups is 2. The second kappa shape index (κ2) is 13.7. The zero-order chi connectivity index (χ0) is 31.1. The Bertz CT molecular complexity index is 1920. The van der Waals surface area contributed by atoms with E-state index in [1.807, 2.05) is 6.07 Å². The van der Waals surface area contributed by atoms with E-state index < -0.39 is 17.4 Å². The van der Waals surface area contributed by atoms with Crippen LogP contribution >= 0.6 is 11.8 Å². The van der Waals surface area contributed by atoms with E-state index in [1.165, 1.54) is 44.2 Å².